The Labute approximate surface area is 122 Å². The molecule has 0 bridgehead atoms. The molecule has 2 rings (SSSR count). The van der Waals surface area contributed by atoms with Gasteiger partial charge in [-0.1, -0.05) is 6.92 Å². The highest BCUT2D eigenvalue weighted by molar-refractivity contribution is 5.95. The summed E-state index contributed by atoms with van der Waals surface area (Å²) in [7, 11) is 0. The van der Waals surface area contributed by atoms with Crippen LogP contribution < -0.4 is 11.0 Å². The van der Waals surface area contributed by atoms with Crippen LogP contribution in [-0.4, -0.2) is 30.9 Å². The Morgan fingerprint density at radius 1 is 1.43 bits per heavy atom. The molecular formula is C13H20N6O2. The van der Waals surface area contributed by atoms with Gasteiger partial charge in [0.25, 0.3) is 5.91 Å². The Kier molecular flexibility index (Phi) is 3.97. The van der Waals surface area contributed by atoms with Crippen molar-refractivity contribution in [3.05, 3.63) is 33.8 Å². The van der Waals surface area contributed by atoms with Gasteiger partial charge in [0.2, 0.25) is 0 Å². The lowest BCUT2D eigenvalue weighted by molar-refractivity contribution is 0.0948. The topological polar surface area (TPSA) is 108 Å². The van der Waals surface area contributed by atoms with E-state index in [-0.39, 0.29) is 18.0 Å². The highest BCUT2D eigenvalue weighted by Gasteiger charge is 2.22. The van der Waals surface area contributed by atoms with E-state index in [2.05, 4.69) is 25.6 Å². The first-order valence-electron chi connectivity index (χ1n) is 6.82. The van der Waals surface area contributed by atoms with Crippen molar-refractivity contribution in [2.24, 2.45) is 0 Å². The number of nitrogens with zero attached hydrogens (tertiary/aromatic N) is 3. The number of hydrogen-bond acceptors (Lipinski definition) is 4. The van der Waals surface area contributed by atoms with E-state index in [0.717, 1.165) is 5.69 Å². The maximum atomic E-state index is 12.3. The number of nitrogens with one attached hydrogen (secondary N) is 3. The van der Waals surface area contributed by atoms with E-state index in [4.69, 9.17) is 0 Å². The average Bonchev–Trinajstić information content (AvgIpc) is 3.00. The first-order chi connectivity index (χ1) is 9.82. The van der Waals surface area contributed by atoms with Gasteiger partial charge in [-0.15, -0.1) is 0 Å². The lowest BCUT2D eigenvalue weighted by Gasteiger charge is -2.22. The van der Waals surface area contributed by atoms with E-state index in [1.807, 2.05) is 32.4 Å². The molecular weight excluding hydrogens is 272 g/mol. The van der Waals surface area contributed by atoms with Crippen molar-refractivity contribution < 1.29 is 4.79 Å². The summed E-state index contributed by atoms with van der Waals surface area (Å²) in [5, 5.41) is 13.0. The van der Waals surface area contributed by atoms with Gasteiger partial charge in [0.15, 0.2) is 0 Å². The smallest absolute Gasteiger partial charge is 0.340 e. The fourth-order valence-corrected chi connectivity index (χ4v) is 2.13. The van der Waals surface area contributed by atoms with Crippen molar-refractivity contribution >= 4 is 5.91 Å². The van der Waals surface area contributed by atoms with E-state index in [9.17, 15) is 9.59 Å². The number of aromatic nitrogens is 5. The lowest BCUT2D eigenvalue weighted by Crippen LogP contribution is -2.28. The first-order valence-corrected chi connectivity index (χ1v) is 6.82. The van der Waals surface area contributed by atoms with E-state index >= 15 is 0 Å². The fourth-order valence-electron chi connectivity index (χ4n) is 2.13. The molecule has 0 radical (unpaired) electrons. The van der Waals surface area contributed by atoms with Crippen LogP contribution in [0.1, 0.15) is 49.6 Å². The minimum Gasteiger partial charge on any atom is -0.345 e. The molecule has 2 heterocycles. The van der Waals surface area contributed by atoms with Crippen molar-refractivity contribution in [3.8, 4) is 0 Å². The number of aromatic amines is 2. The molecule has 8 heteroatoms. The van der Waals surface area contributed by atoms with Gasteiger partial charge in [-0.3, -0.25) is 14.5 Å². The minimum absolute atomic E-state index is 0.154. The van der Waals surface area contributed by atoms with E-state index in [0.29, 0.717) is 17.8 Å². The second kappa shape index (κ2) is 5.55. The summed E-state index contributed by atoms with van der Waals surface area (Å²) in [5.74, 6) is 0.154. The Morgan fingerprint density at radius 3 is 2.67 bits per heavy atom. The van der Waals surface area contributed by atoms with Crippen LogP contribution in [-0.2, 0) is 18.5 Å². The average molecular weight is 292 g/mol. The van der Waals surface area contributed by atoms with Gasteiger partial charge in [0.1, 0.15) is 5.82 Å². The van der Waals surface area contributed by atoms with E-state index in [1.165, 1.54) is 0 Å². The normalized spacial score (nSPS) is 11.6. The molecule has 2 aromatic rings. The van der Waals surface area contributed by atoms with Crippen molar-refractivity contribution in [2.45, 2.75) is 46.2 Å². The van der Waals surface area contributed by atoms with E-state index < -0.39 is 5.69 Å². The van der Waals surface area contributed by atoms with Crippen LogP contribution in [0.3, 0.4) is 0 Å². The molecule has 114 valence electrons. The molecule has 0 saturated heterocycles. The zero-order valence-corrected chi connectivity index (χ0v) is 12.6. The molecule has 0 aliphatic carbocycles. The molecule has 8 nitrogen and oxygen atoms in total. The molecule has 0 aromatic carbocycles. The van der Waals surface area contributed by atoms with Crippen molar-refractivity contribution in [1.29, 1.82) is 0 Å². The highest BCUT2D eigenvalue weighted by atomic mass is 16.2. The van der Waals surface area contributed by atoms with Gasteiger partial charge in [-0.25, -0.2) is 9.89 Å². The van der Waals surface area contributed by atoms with Crippen molar-refractivity contribution in [1.82, 2.24) is 30.3 Å². The summed E-state index contributed by atoms with van der Waals surface area (Å²) in [6, 6.07) is 0. The summed E-state index contributed by atoms with van der Waals surface area (Å²) in [6.07, 6.45) is 2.28. The van der Waals surface area contributed by atoms with Crippen molar-refractivity contribution in [3.63, 3.8) is 0 Å². The third-order valence-corrected chi connectivity index (χ3v) is 3.05. The van der Waals surface area contributed by atoms with Gasteiger partial charge in [-0.2, -0.15) is 10.2 Å². The summed E-state index contributed by atoms with van der Waals surface area (Å²) in [4.78, 5) is 25.7. The van der Waals surface area contributed by atoms with Crippen LogP contribution in [0, 0.1) is 0 Å². The summed E-state index contributed by atoms with van der Waals surface area (Å²) in [5.41, 5.74) is 0.854. The number of rotatable bonds is 4. The zero-order chi connectivity index (χ0) is 15.6. The predicted octanol–water partition coefficient (Wildman–Crippen LogP) is 0.542. The molecule has 2 aromatic heterocycles. The number of carbonyl (C=O) groups excluding carboxylic acids is 1. The molecule has 0 aliphatic heterocycles. The first kappa shape index (κ1) is 15.0. The number of carbonyl (C=O) groups is 1. The Morgan fingerprint density at radius 2 is 2.14 bits per heavy atom. The van der Waals surface area contributed by atoms with E-state index in [1.54, 1.807) is 6.20 Å². The SMILES string of the molecule is CCc1c(C(=O)NCc2n[nH]c(=O)[nH]2)cnn1C(C)(C)C. The molecule has 0 spiro atoms. The maximum absolute atomic E-state index is 12.3. The molecule has 21 heavy (non-hydrogen) atoms. The molecule has 3 N–H and O–H groups in total. The molecule has 0 unspecified atom stereocenters. The summed E-state index contributed by atoms with van der Waals surface area (Å²) >= 11 is 0. The van der Waals surface area contributed by atoms with Crippen LogP contribution in [0.4, 0.5) is 0 Å². The molecule has 0 atom stereocenters. The van der Waals surface area contributed by atoms with Crippen LogP contribution in [0.15, 0.2) is 11.0 Å². The Balaban J connectivity index is 2.16. The van der Waals surface area contributed by atoms with Crippen LogP contribution in [0.2, 0.25) is 0 Å². The quantitative estimate of drug-likeness (QED) is 0.764. The molecule has 1 amide bonds. The van der Waals surface area contributed by atoms with Crippen LogP contribution in [0.5, 0.6) is 0 Å². The monoisotopic (exact) mass is 292 g/mol. The van der Waals surface area contributed by atoms with Gasteiger partial charge >= 0.3 is 5.69 Å². The van der Waals surface area contributed by atoms with Gasteiger partial charge in [0, 0.05) is 0 Å². The third kappa shape index (κ3) is 3.21. The molecule has 0 aliphatic rings. The second-order valence-corrected chi connectivity index (χ2v) is 5.75. The largest absolute Gasteiger partial charge is 0.345 e. The van der Waals surface area contributed by atoms with Crippen LogP contribution >= 0.6 is 0 Å². The number of H-pyrrole nitrogens is 2. The van der Waals surface area contributed by atoms with Crippen LogP contribution in [0.25, 0.3) is 0 Å². The third-order valence-electron chi connectivity index (χ3n) is 3.05. The lowest BCUT2D eigenvalue weighted by atomic mass is 10.1. The molecule has 0 saturated carbocycles. The zero-order valence-electron chi connectivity index (χ0n) is 12.6. The second-order valence-electron chi connectivity index (χ2n) is 5.75. The fraction of sp³-hybridized carbons (Fsp3) is 0.538. The van der Waals surface area contributed by atoms with Gasteiger partial charge in [0.05, 0.1) is 29.5 Å². The minimum atomic E-state index is -0.394. The van der Waals surface area contributed by atoms with Gasteiger partial charge in [-0.05, 0) is 27.2 Å². The Bertz CT molecular complexity index is 688. The highest BCUT2D eigenvalue weighted by Crippen LogP contribution is 2.19. The summed E-state index contributed by atoms with van der Waals surface area (Å²) in [6.45, 7) is 8.25. The number of hydrogen-bond donors (Lipinski definition) is 3. The predicted molar refractivity (Wildman–Crippen MR) is 77.0 cm³/mol. The number of amides is 1. The van der Waals surface area contributed by atoms with Crippen molar-refractivity contribution in [2.75, 3.05) is 0 Å². The Hall–Kier alpha value is -2.38. The molecule has 0 fully saturated rings. The maximum Gasteiger partial charge on any atom is 0.340 e. The standard InChI is InChI=1S/C13H20N6O2/c1-5-9-8(6-15-19(9)13(2,3)4)11(20)14-7-10-16-12(21)18-17-10/h6H,5,7H2,1-4H3,(H,14,20)(H2,16,17,18,21). The summed E-state index contributed by atoms with van der Waals surface area (Å²) < 4.78 is 1.86. The van der Waals surface area contributed by atoms with Gasteiger partial charge < -0.3 is 5.32 Å².